The standard InChI is InChI=1S/C23H17ClN4O6/c1-14-3-2-4-16(11-14)22(29)26-20(12-15-5-8-18(9-6-15)27(31)32)23(30)25-17-7-10-19(24)21(13-17)28(33)34/h2-13H,1H3,(H,25,30)(H,26,29). The molecule has 3 aromatic carbocycles. The zero-order valence-electron chi connectivity index (χ0n) is 17.7. The fourth-order valence-corrected chi connectivity index (χ4v) is 3.11. The Hall–Kier alpha value is -4.57. The van der Waals surface area contributed by atoms with E-state index in [0.717, 1.165) is 11.6 Å². The van der Waals surface area contributed by atoms with Gasteiger partial charge in [-0.1, -0.05) is 29.3 Å². The van der Waals surface area contributed by atoms with Crippen LogP contribution in [0.25, 0.3) is 6.08 Å². The van der Waals surface area contributed by atoms with Gasteiger partial charge in [-0.15, -0.1) is 0 Å². The maximum absolute atomic E-state index is 13.0. The summed E-state index contributed by atoms with van der Waals surface area (Å²) in [6, 6.07) is 15.8. The minimum atomic E-state index is -0.768. The second kappa shape index (κ2) is 10.4. The van der Waals surface area contributed by atoms with E-state index in [9.17, 15) is 29.8 Å². The van der Waals surface area contributed by atoms with Gasteiger partial charge in [0.2, 0.25) is 0 Å². The SMILES string of the molecule is Cc1cccc(C(=O)NC(=Cc2ccc([N+](=O)[O-])cc2)C(=O)Nc2ccc(Cl)c([N+](=O)[O-])c2)c1. The van der Waals surface area contributed by atoms with Gasteiger partial charge in [-0.3, -0.25) is 29.8 Å². The van der Waals surface area contributed by atoms with Gasteiger partial charge in [0.1, 0.15) is 10.7 Å². The third kappa shape index (κ3) is 6.02. The zero-order valence-corrected chi connectivity index (χ0v) is 18.4. The Bertz CT molecular complexity index is 1320. The van der Waals surface area contributed by atoms with Gasteiger partial charge in [0, 0.05) is 29.4 Å². The van der Waals surface area contributed by atoms with E-state index in [4.69, 9.17) is 11.6 Å². The third-order valence-corrected chi connectivity index (χ3v) is 4.91. The highest BCUT2D eigenvalue weighted by atomic mass is 35.5. The van der Waals surface area contributed by atoms with Crippen LogP contribution in [-0.2, 0) is 4.79 Å². The molecular formula is C23H17ClN4O6. The van der Waals surface area contributed by atoms with Crippen LogP contribution in [-0.4, -0.2) is 21.7 Å². The van der Waals surface area contributed by atoms with Gasteiger partial charge in [0.25, 0.3) is 23.2 Å². The van der Waals surface area contributed by atoms with Crippen LogP contribution in [0.5, 0.6) is 0 Å². The first-order valence-corrected chi connectivity index (χ1v) is 10.1. The predicted octanol–water partition coefficient (Wildman–Crippen LogP) is 4.87. The van der Waals surface area contributed by atoms with E-state index in [1.165, 1.54) is 42.5 Å². The van der Waals surface area contributed by atoms with Crippen molar-refractivity contribution in [3.8, 4) is 0 Å². The first-order chi connectivity index (χ1) is 16.1. The number of halogens is 1. The van der Waals surface area contributed by atoms with Crippen LogP contribution in [0.3, 0.4) is 0 Å². The molecule has 0 aliphatic rings. The van der Waals surface area contributed by atoms with E-state index >= 15 is 0 Å². The van der Waals surface area contributed by atoms with Gasteiger partial charge in [0.15, 0.2) is 0 Å². The molecule has 0 saturated carbocycles. The summed E-state index contributed by atoms with van der Waals surface area (Å²) in [4.78, 5) is 46.5. The van der Waals surface area contributed by atoms with Crippen molar-refractivity contribution in [2.75, 3.05) is 5.32 Å². The monoisotopic (exact) mass is 480 g/mol. The molecule has 0 atom stereocenters. The average Bonchev–Trinajstić information content (AvgIpc) is 2.80. The number of hydrogen-bond donors (Lipinski definition) is 2. The van der Waals surface area contributed by atoms with Crippen molar-refractivity contribution in [1.29, 1.82) is 0 Å². The summed E-state index contributed by atoms with van der Waals surface area (Å²) in [5.41, 5.74) is 0.918. The van der Waals surface area contributed by atoms with Gasteiger partial charge >= 0.3 is 0 Å². The van der Waals surface area contributed by atoms with E-state index in [1.807, 2.05) is 13.0 Å². The summed E-state index contributed by atoms with van der Waals surface area (Å²) in [6.45, 7) is 1.81. The molecule has 0 saturated heterocycles. The second-order valence-electron chi connectivity index (χ2n) is 7.11. The molecule has 2 amide bonds. The van der Waals surface area contributed by atoms with Crippen LogP contribution in [0.2, 0.25) is 5.02 Å². The Morgan fingerprint density at radius 2 is 1.65 bits per heavy atom. The maximum atomic E-state index is 13.0. The minimum absolute atomic E-state index is 0.0838. The van der Waals surface area contributed by atoms with Crippen molar-refractivity contribution in [3.05, 3.63) is 114 Å². The van der Waals surface area contributed by atoms with E-state index in [0.29, 0.717) is 11.1 Å². The minimum Gasteiger partial charge on any atom is -0.320 e. The Morgan fingerprint density at radius 1 is 0.941 bits per heavy atom. The van der Waals surface area contributed by atoms with Crippen LogP contribution in [0, 0.1) is 27.2 Å². The number of benzene rings is 3. The molecule has 0 bridgehead atoms. The number of non-ortho nitro benzene ring substituents is 1. The summed E-state index contributed by atoms with van der Waals surface area (Å²) in [6.07, 6.45) is 1.33. The van der Waals surface area contributed by atoms with Crippen molar-refractivity contribution in [3.63, 3.8) is 0 Å². The number of aryl methyl sites for hydroxylation is 1. The maximum Gasteiger partial charge on any atom is 0.289 e. The largest absolute Gasteiger partial charge is 0.320 e. The predicted molar refractivity (Wildman–Crippen MR) is 126 cm³/mol. The Kier molecular flexibility index (Phi) is 7.34. The van der Waals surface area contributed by atoms with Gasteiger partial charge < -0.3 is 10.6 Å². The van der Waals surface area contributed by atoms with E-state index in [-0.39, 0.29) is 22.1 Å². The number of hydrogen-bond acceptors (Lipinski definition) is 6. The highest BCUT2D eigenvalue weighted by molar-refractivity contribution is 6.32. The molecule has 3 aromatic rings. The van der Waals surface area contributed by atoms with Crippen molar-refractivity contribution in [2.45, 2.75) is 6.92 Å². The number of carbonyl (C=O) groups is 2. The summed E-state index contributed by atoms with van der Waals surface area (Å²) < 4.78 is 0. The molecule has 0 fully saturated rings. The molecule has 0 heterocycles. The topological polar surface area (TPSA) is 144 Å². The lowest BCUT2D eigenvalue weighted by atomic mass is 10.1. The van der Waals surface area contributed by atoms with Crippen LogP contribution in [0.4, 0.5) is 17.1 Å². The highest BCUT2D eigenvalue weighted by Crippen LogP contribution is 2.27. The number of nitro benzene ring substituents is 2. The van der Waals surface area contributed by atoms with Crippen LogP contribution < -0.4 is 10.6 Å². The van der Waals surface area contributed by atoms with Crippen molar-refractivity contribution < 1.29 is 19.4 Å². The quantitative estimate of drug-likeness (QED) is 0.280. The van der Waals surface area contributed by atoms with E-state index in [2.05, 4.69) is 10.6 Å². The lowest BCUT2D eigenvalue weighted by molar-refractivity contribution is -0.385. The highest BCUT2D eigenvalue weighted by Gasteiger charge is 2.18. The molecule has 0 aliphatic heterocycles. The molecule has 0 radical (unpaired) electrons. The van der Waals surface area contributed by atoms with Crippen LogP contribution in [0.1, 0.15) is 21.5 Å². The molecule has 11 heteroatoms. The first kappa shape index (κ1) is 24.1. The third-order valence-electron chi connectivity index (χ3n) is 4.59. The number of anilines is 1. The van der Waals surface area contributed by atoms with Gasteiger partial charge in [-0.05, 0) is 55.0 Å². The number of nitrogens with one attached hydrogen (secondary N) is 2. The first-order valence-electron chi connectivity index (χ1n) is 9.73. The molecule has 0 aliphatic carbocycles. The van der Waals surface area contributed by atoms with Gasteiger partial charge in [0.05, 0.1) is 9.85 Å². The molecule has 10 nitrogen and oxygen atoms in total. The van der Waals surface area contributed by atoms with Crippen molar-refractivity contribution in [1.82, 2.24) is 5.32 Å². The summed E-state index contributed by atoms with van der Waals surface area (Å²) >= 11 is 5.81. The molecule has 0 spiro atoms. The molecule has 2 N–H and O–H groups in total. The van der Waals surface area contributed by atoms with Gasteiger partial charge in [-0.25, -0.2) is 0 Å². The molecular weight excluding hydrogens is 464 g/mol. The van der Waals surface area contributed by atoms with Crippen LogP contribution >= 0.6 is 11.6 Å². The van der Waals surface area contributed by atoms with E-state index in [1.54, 1.807) is 18.2 Å². The fraction of sp³-hybridized carbons (Fsp3) is 0.0435. The van der Waals surface area contributed by atoms with Crippen LogP contribution in [0.15, 0.2) is 72.4 Å². The Morgan fingerprint density at radius 3 is 2.26 bits per heavy atom. The lowest BCUT2D eigenvalue weighted by Gasteiger charge is -2.12. The van der Waals surface area contributed by atoms with Crippen molar-refractivity contribution in [2.24, 2.45) is 0 Å². The summed E-state index contributed by atoms with van der Waals surface area (Å²) in [5, 5.41) is 26.9. The molecule has 172 valence electrons. The fourth-order valence-electron chi connectivity index (χ4n) is 2.93. The van der Waals surface area contributed by atoms with E-state index < -0.39 is 27.3 Å². The average molecular weight is 481 g/mol. The molecule has 0 unspecified atom stereocenters. The normalized spacial score (nSPS) is 10.9. The summed E-state index contributed by atoms with van der Waals surface area (Å²) in [7, 11) is 0. The number of rotatable bonds is 7. The van der Waals surface area contributed by atoms with Crippen molar-refractivity contribution >= 4 is 46.6 Å². The Balaban J connectivity index is 1.94. The molecule has 3 rings (SSSR count). The van der Waals surface area contributed by atoms with Gasteiger partial charge in [-0.2, -0.15) is 0 Å². The second-order valence-corrected chi connectivity index (χ2v) is 7.51. The number of carbonyl (C=O) groups excluding carboxylic acids is 2. The number of nitro groups is 2. The number of nitrogens with zero attached hydrogens (tertiary/aromatic N) is 2. The smallest absolute Gasteiger partial charge is 0.289 e. The Labute approximate surface area is 198 Å². The molecule has 34 heavy (non-hydrogen) atoms. The molecule has 0 aromatic heterocycles. The number of amides is 2. The lowest BCUT2D eigenvalue weighted by Crippen LogP contribution is -2.30. The zero-order chi connectivity index (χ0) is 24.8. The summed E-state index contributed by atoms with van der Waals surface area (Å²) in [5.74, 6) is -1.33.